The molecule has 168 valence electrons. The maximum Gasteiger partial charge on any atom is 0.342 e. The van der Waals surface area contributed by atoms with Crippen molar-refractivity contribution < 1.29 is 19.4 Å². The summed E-state index contributed by atoms with van der Waals surface area (Å²) in [6.45, 7) is 2.83. The molecule has 2 aromatic heterocycles. The third-order valence-electron chi connectivity index (χ3n) is 5.14. The normalized spacial score (nSPS) is 10.8. The number of methoxy groups -OCH3 is 1. The van der Waals surface area contributed by atoms with Crippen molar-refractivity contribution in [1.82, 2.24) is 9.55 Å². The summed E-state index contributed by atoms with van der Waals surface area (Å²) in [5.74, 6) is -0.339. The Morgan fingerprint density at radius 2 is 1.88 bits per heavy atom. The van der Waals surface area contributed by atoms with Crippen LogP contribution in [0.2, 0.25) is 0 Å². The molecule has 6 nitrogen and oxygen atoms in total. The van der Waals surface area contributed by atoms with Gasteiger partial charge in [-0.25, -0.2) is 14.6 Å². The minimum Gasteiger partial charge on any atom is -0.477 e. The number of carboxylic acid groups (broad SMARTS) is 1. The predicted molar refractivity (Wildman–Crippen MR) is 129 cm³/mol. The summed E-state index contributed by atoms with van der Waals surface area (Å²) < 4.78 is 7.02. The number of carboxylic acids is 1. The van der Waals surface area contributed by atoms with E-state index >= 15 is 0 Å². The molecule has 2 heterocycles. The van der Waals surface area contributed by atoms with Gasteiger partial charge in [-0.05, 0) is 36.2 Å². The molecular formula is C24H26N2O4S2. The van der Waals surface area contributed by atoms with E-state index in [1.807, 2.05) is 30.5 Å². The zero-order valence-electron chi connectivity index (χ0n) is 18.2. The average Bonchev–Trinajstić information content (AvgIpc) is 3.39. The van der Waals surface area contributed by atoms with Crippen molar-refractivity contribution in [2.75, 3.05) is 7.11 Å². The Morgan fingerprint density at radius 1 is 1.16 bits per heavy atom. The number of imidazole rings is 1. The number of esters is 1. The smallest absolute Gasteiger partial charge is 0.342 e. The van der Waals surface area contributed by atoms with Gasteiger partial charge in [-0.15, -0.1) is 11.3 Å². The van der Waals surface area contributed by atoms with E-state index in [0.717, 1.165) is 46.1 Å². The fraction of sp³-hybridized carbons (Fsp3) is 0.333. The van der Waals surface area contributed by atoms with Crippen molar-refractivity contribution in [3.05, 3.63) is 75.0 Å². The fourth-order valence-corrected chi connectivity index (χ4v) is 4.69. The van der Waals surface area contributed by atoms with Gasteiger partial charge in [0.1, 0.15) is 10.7 Å². The molecule has 0 aliphatic rings. The third kappa shape index (κ3) is 6.11. The van der Waals surface area contributed by atoms with Gasteiger partial charge in [0.2, 0.25) is 0 Å². The van der Waals surface area contributed by atoms with Crippen molar-refractivity contribution in [2.45, 2.75) is 45.6 Å². The summed E-state index contributed by atoms with van der Waals surface area (Å²) in [4.78, 5) is 29.5. The highest BCUT2D eigenvalue weighted by atomic mass is 32.1. The number of hydrogen-bond donors (Lipinski definition) is 1. The Labute approximate surface area is 196 Å². The molecule has 0 aliphatic carbocycles. The summed E-state index contributed by atoms with van der Waals surface area (Å²) in [5, 5.41) is 9.02. The van der Waals surface area contributed by atoms with Crippen LogP contribution in [0.5, 0.6) is 0 Å². The molecule has 32 heavy (non-hydrogen) atoms. The number of aliphatic carboxylic acids is 1. The molecule has 0 saturated heterocycles. The number of aryl methyl sites for hydroxylation is 1. The van der Waals surface area contributed by atoms with Crippen molar-refractivity contribution in [3.63, 3.8) is 0 Å². The van der Waals surface area contributed by atoms with E-state index in [1.165, 1.54) is 7.11 Å². The lowest BCUT2D eigenvalue weighted by atomic mass is 10.1. The van der Waals surface area contributed by atoms with Crippen molar-refractivity contribution in [1.29, 1.82) is 0 Å². The molecule has 0 bridgehead atoms. The lowest BCUT2D eigenvalue weighted by Crippen LogP contribution is -2.11. The van der Waals surface area contributed by atoms with Crippen LogP contribution in [0.25, 0.3) is 0 Å². The second-order valence-electron chi connectivity index (χ2n) is 7.49. The van der Waals surface area contributed by atoms with Crippen LogP contribution in [0.3, 0.4) is 0 Å². The van der Waals surface area contributed by atoms with E-state index in [2.05, 4.69) is 16.5 Å². The molecule has 8 heteroatoms. The molecule has 1 aromatic carbocycles. The first-order valence-corrected chi connectivity index (χ1v) is 11.7. The molecule has 0 unspecified atom stereocenters. The molecule has 0 radical (unpaired) electrons. The monoisotopic (exact) mass is 470 g/mol. The highest BCUT2D eigenvalue weighted by Crippen LogP contribution is 2.23. The van der Waals surface area contributed by atoms with E-state index in [1.54, 1.807) is 23.5 Å². The summed E-state index contributed by atoms with van der Waals surface area (Å²) in [6.07, 6.45) is 5.97. The quantitative estimate of drug-likeness (QED) is 0.323. The predicted octanol–water partition coefficient (Wildman–Crippen LogP) is 4.71. The maximum atomic E-state index is 11.7. The van der Waals surface area contributed by atoms with E-state index in [9.17, 15) is 9.59 Å². The van der Waals surface area contributed by atoms with Crippen LogP contribution in [-0.2, 0) is 35.3 Å². The minimum absolute atomic E-state index is 0.0284. The first kappa shape index (κ1) is 23.8. The Kier molecular flexibility index (Phi) is 8.30. The molecule has 0 saturated carbocycles. The number of ether oxygens (including phenoxy) is 1. The number of nitrogens with zero attached hydrogens (tertiary/aromatic N) is 2. The minimum atomic E-state index is -1.04. The Balaban J connectivity index is 1.80. The summed E-state index contributed by atoms with van der Waals surface area (Å²) in [6, 6.07) is 11.4. The number of aromatic nitrogens is 2. The first-order valence-electron chi connectivity index (χ1n) is 10.5. The van der Waals surface area contributed by atoms with Crippen LogP contribution in [0.4, 0.5) is 0 Å². The van der Waals surface area contributed by atoms with E-state index < -0.39 is 5.97 Å². The average molecular weight is 471 g/mol. The zero-order valence-corrected chi connectivity index (χ0v) is 19.8. The van der Waals surface area contributed by atoms with Crippen molar-refractivity contribution in [2.24, 2.45) is 0 Å². The standard InChI is InChI=1S/C24H26N2O4S2/c1-3-4-5-22-25-14-18(12-19-10-11-20(32-19)13-21(31)23(27)28)26(22)15-16-6-8-17(9-7-16)24(29)30-2/h6-11,14H,3-5,12-13,15H2,1-2H3,(H,27,28). The molecule has 0 amide bonds. The number of hydrogen-bond acceptors (Lipinski definition) is 6. The molecule has 1 N–H and O–H groups in total. The van der Waals surface area contributed by atoms with Crippen LogP contribution in [-0.4, -0.2) is 38.6 Å². The maximum absolute atomic E-state index is 11.7. The largest absolute Gasteiger partial charge is 0.477 e. The van der Waals surface area contributed by atoms with E-state index in [0.29, 0.717) is 18.5 Å². The summed E-state index contributed by atoms with van der Waals surface area (Å²) in [7, 11) is 1.37. The van der Waals surface area contributed by atoms with Gasteiger partial charge in [0.05, 0.1) is 12.7 Å². The van der Waals surface area contributed by atoms with Gasteiger partial charge in [0, 0.05) is 47.5 Å². The van der Waals surface area contributed by atoms with Gasteiger partial charge in [-0.2, -0.15) is 0 Å². The number of carbonyl (C=O) groups excluding carboxylic acids is 1. The van der Waals surface area contributed by atoms with Gasteiger partial charge in [-0.1, -0.05) is 37.7 Å². The number of unbranched alkanes of at least 4 members (excludes halogenated alkanes) is 1. The Hall–Kier alpha value is -2.84. The number of carbonyl (C=O) groups is 2. The molecule has 0 spiro atoms. The topological polar surface area (TPSA) is 81.4 Å². The van der Waals surface area contributed by atoms with Crippen molar-refractivity contribution in [3.8, 4) is 0 Å². The highest BCUT2D eigenvalue weighted by molar-refractivity contribution is 7.82. The lowest BCUT2D eigenvalue weighted by Gasteiger charge is -2.12. The van der Waals surface area contributed by atoms with Crippen LogP contribution in [0.1, 0.15) is 57.0 Å². The van der Waals surface area contributed by atoms with Crippen LogP contribution in [0, 0.1) is 0 Å². The number of thiophene rings is 1. The molecule has 0 aliphatic heterocycles. The van der Waals surface area contributed by atoms with Gasteiger partial charge in [-0.3, -0.25) is 0 Å². The second kappa shape index (κ2) is 11.2. The zero-order chi connectivity index (χ0) is 23.1. The molecular weight excluding hydrogens is 444 g/mol. The van der Waals surface area contributed by atoms with Crippen LogP contribution < -0.4 is 0 Å². The SMILES string of the molecule is CCCCc1ncc(Cc2ccc(CC(=S)C(=O)O)s2)n1Cc1ccc(C(=O)OC)cc1. The summed E-state index contributed by atoms with van der Waals surface area (Å²) >= 11 is 6.51. The number of rotatable bonds is 11. The second-order valence-corrected chi connectivity index (χ2v) is 9.24. The van der Waals surface area contributed by atoms with Crippen LogP contribution in [0.15, 0.2) is 42.6 Å². The van der Waals surface area contributed by atoms with Crippen LogP contribution >= 0.6 is 23.6 Å². The Morgan fingerprint density at radius 3 is 2.53 bits per heavy atom. The molecule has 0 fully saturated rings. The van der Waals surface area contributed by atoms with Gasteiger partial charge in [0.15, 0.2) is 0 Å². The fourth-order valence-electron chi connectivity index (χ4n) is 3.39. The van der Waals surface area contributed by atoms with Crippen molar-refractivity contribution >= 4 is 40.4 Å². The number of benzene rings is 1. The highest BCUT2D eigenvalue weighted by Gasteiger charge is 2.14. The Bertz CT molecular complexity index is 1100. The summed E-state index contributed by atoms with van der Waals surface area (Å²) in [5.41, 5.74) is 2.70. The molecule has 0 atom stereocenters. The van der Waals surface area contributed by atoms with Gasteiger partial charge < -0.3 is 14.4 Å². The first-order chi connectivity index (χ1) is 15.4. The lowest BCUT2D eigenvalue weighted by molar-refractivity contribution is -0.129. The third-order valence-corrected chi connectivity index (χ3v) is 6.54. The van der Waals surface area contributed by atoms with E-state index in [-0.39, 0.29) is 17.3 Å². The molecule has 3 aromatic rings. The van der Waals surface area contributed by atoms with Gasteiger partial charge >= 0.3 is 11.9 Å². The molecule has 3 rings (SSSR count). The van der Waals surface area contributed by atoms with E-state index in [4.69, 9.17) is 22.1 Å². The number of thiocarbonyl (C=S) groups is 1. The van der Waals surface area contributed by atoms with Gasteiger partial charge in [0.25, 0.3) is 0 Å².